The molecule has 2 N–H and O–H groups in total. The second-order valence-corrected chi connectivity index (χ2v) is 11.0. The molecule has 1 atom stereocenters. The Hall–Kier alpha value is -5.45. The Kier molecular flexibility index (Phi) is 6.84. The highest BCUT2D eigenvalue weighted by Gasteiger charge is 2.47. The van der Waals surface area contributed by atoms with Gasteiger partial charge in [0, 0.05) is 5.56 Å². The molecule has 0 fully saturated rings. The van der Waals surface area contributed by atoms with Gasteiger partial charge in [0.05, 0.1) is 12.5 Å². The van der Waals surface area contributed by atoms with E-state index in [1.54, 1.807) is 7.11 Å². The molecule has 4 heteroatoms. The van der Waals surface area contributed by atoms with Crippen molar-refractivity contribution in [3.8, 4) is 28.4 Å². The maximum atomic E-state index is 6.73. The normalized spacial score (nSPS) is 14.1. The van der Waals surface area contributed by atoms with Crippen molar-refractivity contribution in [1.82, 2.24) is 0 Å². The van der Waals surface area contributed by atoms with Gasteiger partial charge < -0.3 is 9.47 Å². The van der Waals surface area contributed by atoms with Crippen LogP contribution in [0.15, 0.2) is 157 Å². The maximum absolute atomic E-state index is 6.73. The molecule has 6 aromatic carbocycles. The van der Waals surface area contributed by atoms with Crippen LogP contribution < -0.4 is 15.2 Å². The fourth-order valence-corrected chi connectivity index (χ4v) is 6.71. The van der Waals surface area contributed by atoms with Crippen LogP contribution in [0, 0.1) is 0 Å². The quantitative estimate of drug-likeness (QED) is 0.185. The number of fused-ring (bicyclic) bond motifs is 3. The maximum Gasteiger partial charge on any atom is 0.169 e. The molecule has 0 spiro atoms. The molecule has 0 bridgehead atoms. The Morgan fingerprint density at radius 1 is 0.614 bits per heavy atom. The third kappa shape index (κ3) is 4.15. The molecule has 0 aromatic heterocycles. The Balaban J connectivity index is 1.35. The van der Waals surface area contributed by atoms with Gasteiger partial charge in [-0.3, -0.25) is 10.7 Å². The monoisotopic (exact) mass is 572 g/mol. The highest BCUT2D eigenvalue weighted by atomic mass is 16.5. The van der Waals surface area contributed by atoms with Crippen molar-refractivity contribution in [2.24, 2.45) is 10.7 Å². The zero-order valence-electron chi connectivity index (χ0n) is 24.5. The minimum Gasteiger partial charge on any atom is -0.492 e. The van der Waals surface area contributed by atoms with E-state index in [2.05, 4.69) is 103 Å². The molecular formula is C40H32N2O2. The lowest BCUT2D eigenvalue weighted by atomic mass is 9.68. The van der Waals surface area contributed by atoms with Crippen LogP contribution in [0.3, 0.4) is 0 Å². The molecule has 0 amide bonds. The SMILES string of the molecule is C=NC(N)(c1ccccc1)c1ccc(Oc2ccc3c(c2OC)-c2ccccc2C3(c2ccccc2)c2ccccc2)cc1. The summed E-state index contributed by atoms with van der Waals surface area (Å²) in [5.41, 5.74) is 13.8. The fraction of sp³-hybridized carbons (Fsp3) is 0.0750. The lowest BCUT2D eigenvalue weighted by Gasteiger charge is -2.34. The van der Waals surface area contributed by atoms with Crippen molar-refractivity contribution >= 4 is 6.72 Å². The van der Waals surface area contributed by atoms with Gasteiger partial charge >= 0.3 is 0 Å². The van der Waals surface area contributed by atoms with E-state index in [0.717, 1.165) is 27.8 Å². The molecule has 1 unspecified atom stereocenters. The van der Waals surface area contributed by atoms with E-state index in [0.29, 0.717) is 17.2 Å². The van der Waals surface area contributed by atoms with Crippen LogP contribution in [0.4, 0.5) is 0 Å². The first-order chi connectivity index (χ1) is 21.6. The topological polar surface area (TPSA) is 56.8 Å². The molecule has 1 aliphatic rings. The van der Waals surface area contributed by atoms with Gasteiger partial charge in [-0.15, -0.1) is 0 Å². The van der Waals surface area contributed by atoms with E-state index >= 15 is 0 Å². The summed E-state index contributed by atoms with van der Waals surface area (Å²) in [6.45, 7) is 3.78. The van der Waals surface area contributed by atoms with Crippen molar-refractivity contribution in [2.45, 2.75) is 11.1 Å². The van der Waals surface area contributed by atoms with Gasteiger partial charge in [0.1, 0.15) is 5.75 Å². The largest absolute Gasteiger partial charge is 0.492 e. The van der Waals surface area contributed by atoms with Gasteiger partial charge in [0.2, 0.25) is 0 Å². The standard InChI is InChI=1S/C40H32N2O2/c1-42-40(41,30-18-10-5-11-19-30)31-22-24-32(25-23-31)44-36-27-26-35-37(38(36)43-2)33-20-12-13-21-34(33)39(35,28-14-6-3-7-15-28)29-16-8-4-9-17-29/h3-27H,1,41H2,2H3. The van der Waals surface area contributed by atoms with Crippen LogP contribution >= 0.6 is 0 Å². The molecule has 0 saturated heterocycles. The molecule has 6 aromatic rings. The lowest BCUT2D eigenvalue weighted by Crippen LogP contribution is -2.35. The molecule has 214 valence electrons. The van der Waals surface area contributed by atoms with Crippen molar-refractivity contribution in [3.05, 3.63) is 185 Å². The van der Waals surface area contributed by atoms with Crippen LogP contribution in [0.2, 0.25) is 0 Å². The van der Waals surface area contributed by atoms with E-state index in [4.69, 9.17) is 15.2 Å². The van der Waals surface area contributed by atoms with Crippen LogP contribution in [-0.4, -0.2) is 13.8 Å². The molecule has 0 saturated carbocycles. The highest BCUT2D eigenvalue weighted by Crippen LogP contribution is 2.60. The zero-order valence-corrected chi connectivity index (χ0v) is 24.5. The minimum atomic E-state index is -1.06. The number of aliphatic imine (C=N–C) groups is 1. The molecule has 4 nitrogen and oxygen atoms in total. The number of rotatable bonds is 8. The fourth-order valence-electron chi connectivity index (χ4n) is 6.71. The number of nitrogens with two attached hydrogens (primary N) is 1. The second kappa shape index (κ2) is 11.0. The van der Waals surface area contributed by atoms with Crippen LogP contribution in [0.5, 0.6) is 17.2 Å². The van der Waals surface area contributed by atoms with Gasteiger partial charge in [-0.2, -0.15) is 0 Å². The summed E-state index contributed by atoms with van der Waals surface area (Å²) in [5, 5.41) is 0. The highest BCUT2D eigenvalue weighted by molar-refractivity contribution is 5.91. The number of hydrogen-bond acceptors (Lipinski definition) is 4. The molecule has 0 aliphatic heterocycles. The first-order valence-electron chi connectivity index (χ1n) is 14.6. The number of methoxy groups -OCH3 is 1. The van der Waals surface area contributed by atoms with E-state index in [1.165, 1.54) is 16.7 Å². The third-order valence-corrected chi connectivity index (χ3v) is 8.73. The number of nitrogens with zero attached hydrogens (tertiary/aromatic N) is 1. The first-order valence-corrected chi connectivity index (χ1v) is 14.6. The summed E-state index contributed by atoms with van der Waals surface area (Å²) in [5.74, 6) is 1.99. The van der Waals surface area contributed by atoms with Crippen molar-refractivity contribution in [2.75, 3.05) is 7.11 Å². The molecule has 0 radical (unpaired) electrons. The van der Waals surface area contributed by atoms with Crippen LogP contribution in [0.25, 0.3) is 11.1 Å². The Morgan fingerprint density at radius 3 is 1.75 bits per heavy atom. The number of benzene rings is 6. The summed E-state index contributed by atoms with van der Waals surface area (Å²) >= 11 is 0. The van der Waals surface area contributed by atoms with Gasteiger partial charge in [-0.25, -0.2) is 0 Å². The van der Waals surface area contributed by atoms with Crippen LogP contribution in [0.1, 0.15) is 33.4 Å². The minimum absolute atomic E-state index is 0.512. The van der Waals surface area contributed by atoms with Crippen LogP contribution in [-0.2, 0) is 11.1 Å². The predicted molar refractivity (Wildman–Crippen MR) is 178 cm³/mol. The summed E-state index contributed by atoms with van der Waals surface area (Å²) < 4.78 is 12.7. The van der Waals surface area contributed by atoms with Crippen molar-refractivity contribution < 1.29 is 9.47 Å². The van der Waals surface area contributed by atoms with Gasteiger partial charge in [-0.05, 0) is 63.9 Å². The Morgan fingerprint density at radius 2 is 1.16 bits per heavy atom. The number of hydrogen-bond donors (Lipinski definition) is 1. The average molecular weight is 573 g/mol. The van der Waals surface area contributed by atoms with E-state index in [1.807, 2.05) is 60.7 Å². The van der Waals surface area contributed by atoms with E-state index in [-0.39, 0.29) is 0 Å². The van der Waals surface area contributed by atoms with Gasteiger partial charge in [0.15, 0.2) is 17.2 Å². The number of ether oxygens (including phenoxy) is 2. The van der Waals surface area contributed by atoms with Gasteiger partial charge in [0.25, 0.3) is 0 Å². The second-order valence-electron chi connectivity index (χ2n) is 11.0. The Labute approximate surface area is 258 Å². The first kappa shape index (κ1) is 27.4. The molecule has 0 heterocycles. The van der Waals surface area contributed by atoms with Gasteiger partial charge in [-0.1, -0.05) is 133 Å². The van der Waals surface area contributed by atoms with Crippen molar-refractivity contribution in [3.63, 3.8) is 0 Å². The summed E-state index contributed by atoms with van der Waals surface area (Å²) in [7, 11) is 1.71. The Bertz CT molecular complexity index is 1900. The average Bonchev–Trinajstić information content (AvgIpc) is 3.40. The lowest BCUT2D eigenvalue weighted by molar-refractivity contribution is 0.380. The smallest absolute Gasteiger partial charge is 0.169 e. The summed E-state index contributed by atoms with van der Waals surface area (Å²) in [4.78, 5) is 4.29. The van der Waals surface area contributed by atoms with Crippen molar-refractivity contribution in [1.29, 1.82) is 0 Å². The molecule has 1 aliphatic carbocycles. The van der Waals surface area contributed by atoms with E-state index in [9.17, 15) is 0 Å². The van der Waals surface area contributed by atoms with E-state index < -0.39 is 11.1 Å². The summed E-state index contributed by atoms with van der Waals surface area (Å²) in [6.07, 6.45) is 0. The molecule has 44 heavy (non-hydrogen) atoms. The molecule has 7 rings (SSSR count). The zero-order chi connectivity index (χ0) is 30.1. The molecular weight excluding hydrogens is 540 g/mol. The summed E-state index contributed by atoms with van der Waals surface area (Å²) in [6, 6.07) is 51.6. The third-order valence-electron chi connectivity index (χ3n) is 8.73. The predicted octanol–water partition coefficient (Wildman–Crippen LogP) is 8.71.